The Kier molecular flexibility index (Phi) is 25.5. The van der Waals surface area contributed by atoms with Gasteiger partial charge >= 0.3 is 0 Å². The molecular weight excluding hydrogens is 420 g/mol. The molecule has 1 aliphatic heterocycles. The van der Waals surface area contributed by atoms with Crippen LogP contribution in [0, 0.1) is 11.8 Å². The summed E-state index contributed by atoms with van der Waals surface area (Å²) in [7, 11) is 3.54. The lowest BCUT2D eigenvalue weighted by molar-refractivity contribution is -0.112. The first-order chi connectivity index (χ1) is 16.2. The van der Waals surface area contributed by atoms with Gasteiger partial charge in [-0.05, 0) is 88.7 Å². The number of hydrogen-bond donors (Lipinski definition) is 1. The lowest BCUT2D eigenvalue weighted by Crippen LogP contribution is -2.35. The number of nitrogens with zero attached hydrogens (tertiary/aromatic N) is 3. The van der Waals surface area contributed by atoms with Crippen molar-refractivity contribution in [2.45, 2.75) is 74.7 Å². The molecule has 1 heterocycles. The summed E-state index contributed by atoms with van der Waals surface area (Å²) in [4.78, 5) is 21.0. The van der Waals surface area contributed by atoms with E-state index < -0.39 is 0 Å². The number of aliphatic imine (C=N–C) groups is 2. The number of rotatable bonds is 10. The predicted molar refractivity (Wildman–Crippen MR) is 155 cm³/mol. The Labute approximate surface area is 211 Å². The van der Waals surface area contributed by atoms with Crippen molar-refractivity contribution in [3.8, 4) is 0 Å². The summed E-state index contributed by atoms with van der Waals surface area (Å²) < 4.78 is 0. The SMILES string of the molecule is C=N/C(=C\C(=C\C(=C)C(C)=NC)C(=C)C)NC.CC.CC.CC(C)CCN1CCC(C=O)CC1. The highest BCUT2D eigenvalue weighted by Crippen LogP contribution is 2.16. The quantitative estimate of drug-likeness (QED) is 0.213. The molecule has 0 unspecified atom stereocenters. The number of aldehydes is 1. The molecule has 196 valence electrons. The number of piperidine rings is 1. The molecule has 0 amide bonds. The van der Waals surface area contributed by atoms with Crippen molar-refractivity contribution in [2.75, 3.05) is 33.7 Å². The predicted octanol–water partition coefficient (Wildman–Crippen LogP) is 6.89. The van der Waals surface area contributed by atoms with Gasteiger partial charge in [-0.1, -0.05) is 60.3 Å². The molecule has 1 fully saturated rings. The average molecular weight is 475 g/mol. The minimum Gasteiger partial charge on any atom is -0.373 e. The molecule has 0 aromatic rings. The summed E-state index contributed by atoms with van der Waals surface area (Å²) in [6.07, 6.45) is 8.37. The number of carbonyl (C=O) groups excluding carboxylic acids is 1. The molecule has 5 nitrogen and oxygen atoms in total. The van der Waals surface area contributed by atoms with Crippen molar-refractivity contribution in [1.82, 2.24) is 10.2 Å². The topological polar surface area (TPSA) is 57.1 Å². The van der Waals surface area contributed by atoms with Crippen LogP contribution in [0.2, 0.25) is 0 Å². The molecule has 0 aromatic carbocycles. The van der Waals surface area contributed by atoms with E-state index in [2.05, 4.69) is 53.9 Å². The van der Waals surface area contributed by atoms with Crippen LogP contribution in [0.25, 0.3) is 0 Å². The Morgan fingerprint density at radius 3 is 1.97 bits per heavy atom. The fourth-order valence-corrected chi connectivity index (χ4v) is 2.82. The maximum absolute atomic E-state index is 10.5. The molecule has 0 saturated carbocycles. The van der Waals surface area contributed by atoms with Gasteiger partial charge in [0.15, 0.2) is 0 Å². The first kappa shape index (κ1) is 36.3. The Morgan fingerprint density at radius 2 is 1.62 bits per heavy atom. The summed E-state index contributed by atoms with van der Waals surface area (Å²) in [6.45, 7) is 31.2. The van der Waals surface area contributed by atoms with E-state index in [9.17, 15) is 4.79 Å². The third-order valence-electron chi connectivity index (χ3n) is 5.19. The second kappa shape index (κ2) is 23.9. The van der Waals surface area contributed by atoms with Gasteiger partial charge in [0.25, 0.3) is 0 Å². The van der Waals surface area contributed by atoms with Gasteiger partial charge in [-0.15, -0.1) is 0 Å². The van der Waals surface area contributed by atoms with Crippen LogP contribution in [0.4, 0.5) is 0 Å². The maximum atomic E-state index is 10.5. The van der Waals surface area contributed by atoms with E-state index in [1.807, 2.05) is 53.7 Å². The lowest BCUT2D eigenvalue weighted by atomic mass is 9.98. The monoisotopic (exact) mass is 474 g/mol. The van der Waals surface area contributed by atoms with Crippen molar-refractivity contribution in [3.63, 3.8) is 0 Å². The molecule has 5 heteroatoms. The number of hydrogen-bond acceptors (Lipinski definition) is 5. The number of allylic oxidation sites excluding steroid dienone is 5. The molecule has 1 saturated heterocycles. The largest absolute Gasteiger partial charge is 0.373 e. The van der Waals surface area contributed by atoms with E-state index in [0.717, 1.165) is 60.6 Å². The lowest BCUT2D eigenvalue weighted by Gasteiger charge is -2.29. The van der Waals surface area contributed by atoms with Gasteiger partial charge in [-0.25, -0.2) is 4.99 Å². The van der Waals surface area contributed by atoms with E-state index in [4.69, 9.17) is 0 Å². The molecule has 34 heavy (non-hydrogen) atoms. The molecule has 0 spiro atoms. The summed E-state index contributed by atoms with van der Waals surface area (Å²) in [5.74, 6) is 1.83. The van der Waals surface area contributed by atoms with Crippen LogP contribution >= 0.6 is 0 Å². The first-order valence-electron chi connectivity index (χ1n) is 12.7. The normalized spacial score (nSPS) is 15.0. The standard InChI is InChI=1S/C14H21N3.C11H21NO.2C2H6/c1-10(2)13(9-14(16-6)17-7)8-11(3)12(4)15-5;1-10(2)3-6-12-7-4-11(9-13)5-8-12;2*1-2/h8-9,17H,1,3,6H2,2,4-5,7H3;9-11H,3-8H2,1-2H3;2*1-2H3/b13-8-,14-9+,15-12?;;;. The third kappa shape index (κ3) is 18.2. The van der Waals surface area contributed by atoms with E-state index in [0.29, 0.717) is 11.7 Å². The molecule has 0 atom stereocenters. The summed E-state index contributed by atoms with van der Waals surface area (Å²) in [5.41, 5.74) is 3.65. The Balaban J connectivity index is -0.000000503. The number of nitrogens with one attached hydrogen (secondary N) is 1. The average Bonchev–Trinajstić information content (AvgIpc) is 2.87. The first-order valence-corrected chi connectivity index (χ1v) is 12.7. The highest BCUT2D eigenvalue weighted by Gasteiger charge is 2.17. The van der Waals surface area contributed by atoms with Crippen molar-refractivity contribution >= 4 is 18.7 Å². The molecule has 0 aromatic heterocycles. The molecule has 0 bridgehead atoms. The van der Waals surface area contributed by atoms with Gasteiger partial charge in [0.2, 0.25) is 0 Å². The molecule has 1 N–H and O–H groups in total. The number of likely N-dealkylation sites (tertiary alicyclic amines) is 1. The maximum Gasteiger partial charge on any atom is 0.125 e. The second-order valence-corrected chi connectivity index (χ2v) is 8.15. The van der Waals surface area contributed by atoms with Crippen molar-refractivity contribution in [2.24, 2.45) is 21.8 Å². The summed E-state index contributed by atoms with van der Waals surface area (Å²) >= 11 is 0. The molecular formula is C29H54N4O. The molecule has 1 rings (SSSR count). The Bertz CT molecular complexity index is 664. The van der Waals surface area contributed by atoms with Crippen molar-refractivity contribution in [1.29, 1.82) is 0 Å². The smallest absolute Gasteiger partial charge is 0.125 e. The van der Waals surface area contributed by atoms with Gasteiger partial charge in [0.05, 0.1) is 0 Å². The highest BCUT2D eigenvalue weighted by atomic mass is 16.1. The van der Waals surface area contributed by atoms with Gasteiger partial charge in [0.1, 0.15) is 12.1 Å². The van der Waals surface area contributed by atoms with E-state index in [1.165, 1.54) is 13.0 Å². The zero-order valence-corrected chi connectivity index (χ0v) is 24.0. The van der Waals surface area contributed by atoms with Crippen LogP contribution in [0.1, 0.15) is 74.7 Å². The van der Waals surface area contributed by atoms with Gasteiger partial charge in [0, 0.05) is 25.7 Å². The third-order valence-corrected chi connectivity index (χ3v) is 5.19. The fourth-order valence-electron chi connectivity index (χ4n) is 2.82. The van der Waals surface area contributed by atoms with Gasteiger partial charge in [-0.3, -0.25) is 4.99 Å². The minimum absolute atomic E-state index is 0.343. The number of carbonyl (C=O) groups is 1. The zero-order valence-electron chi connectivity index (χ0n) is 24.0. The van der Waals surface area contributed by atoms with Gasteiger partial charge in [-0.2, -0.15) is 0 Å². The van der Waals surface area contributed by atoms with Crippen LogP contribution in [-0.4, -0.2) is 57.3 Å². The van der Waals surface area contributed by atoms with E-state index in [1.54, 1.807) is 14.1 Å². The van der Waals surface area contributed by atoms with Crippen LogP contribution in [0.5, 0.6) is 0 Å². The van der Waals surface area contributed by atoms with Crippen LogP contribution in [0.3, 0.4) is 0 Å². The van der Waals surface area contributed by atoms with Crippen molar-refractivity contribution < 1.29 is 4.79 Å². The molecule has 0 radical (unpaired) electrons. The molecule has 0 aliphatic carbocycles. The minimum atomic E-state index is 0.343. The summed E-state index contributed by atoms with van der Waals surface area (Å²) in [5, 5.41) is 2.94. The molecule has 1 aliphatic rings. The van der Waals surface area contributed by atoms with Gasteiger partial charge < -0.3 is 15.0 Å². The summed E-state index contributed by atoms with van der Waals surface area (Å²) in [6, 6.07) is 0. The Morgan fingerprint density at radius 1 is 1.09 bits per heavy atom. The van der Waals surface area contributed by atoms with E-state index in [-0.39, 0.29) is 0 Å². The van der Waals surface area contributed by atoms with Crippen LogP contribution in [-0.2, 0) is 4.79 Å². The highest BCUT2D eigenvalue weighted by molar-refractivity contribution is 6.00. The zero-order chi connectivity index (χ0) is 27.1. The fraction of sp³-hybridized carbons (Fsp3) is 0.621. The second-order valence-electron chi connectivity index (χ2n) is 8.15. The van der Waals surface area contributed by atoms with Crippen molar-refractivity contribution in [3.05, 3.63) is 47.9 Å². The van der Waals surface area contributed by atoms with Crippen LogP contribution < -0.4 is 5.32 Å². The Hall–Kier alpha value is -2.27. The van der Waals surface area contributed by atoms with E-state index >= 15 is 0 Å². The van der Waals surface area contributed by atoms with Crippen LogP contribution in [0.15, 0.2) is 57.8 Å².